The quantitative estimate of drug-likeness (QED) is 0.723. The van der Waals surface area contributed by atoms with Gasteiger partial charge in [0.25, 0.3) is 0 Å². The molecule has 0 fully saturated rings. The molecule has 1 aliphatic rings. The van der Waals surface area contributed by atoms with E-state index in [2.05, 4.69) is 20.4 Å². The maximum Gasteiger partial charge on any atom is 0.435 e. The first kappa shape index (κ1) is 14.9. The molecule has 0 aromatic carbocycles. The second-order valence-electron chi connectivity index (χ2n) is 5.75. The molecule has 3 aromatic rings. The second-order valence-corrected chi connectivity index (χ2v) is 5.75. The number of hydrogen-bond acceptors (Lipinski definition) is 4. The Hall–Kier alpha value is -2.71. The molecule has 4 rings (SSSR count). The Kier molecular flexibility index (Phi) is 3.19. The van der Waals surface area contributed by atoms with Crippen LogP contribution in [0.3, 0.4) is 0 Å². The first-order valence-corrected chi connectivity index (χ1v) is 7.40. The fourth-order valence-corrected chi connectivity index (χ4v) is 3.09. The van der Waals surface area contributed by atoms with Gasteiger partial charge in [-0.25, -0.2) is 4.68 Å². The van der Waals surface area contributed by atoms with Crippen molar-refractivity contribution in [1.82, 2.24) is 29.8 Å². The molecule has 0 amide bonds. The van der Waals surface area contributed by atoms with E-state index < -0.39 is 11.9 Å². The fourth-order valence-electron chi connectivity index (χ4n) is 3.09. The van der Waals surface area contributed by atoms with Crippen LogP contribution in [0.15, 0.2) is 30.7 Å². The van der Waals surface area contributed by atoms with Gasteiger partial charge in [0, 0.05) is 19.4 Å². The molecule has 0 saturated carbocycles. The summed E-state index contributed by atoms with van der Waals surface area (Å²) in [7, 11) is 1.44. The molecular formula is C15H13F3N6. The van der Waals surface area contributed by atoms with Gasteiger partial charge in [0.1, 0.15) is 5.69 Å². The van der Waals surface area contributed by atoms with Crippen molar-refractivity contribution >= 4 is 0 Å². The van der Waals surface area contributed by atoms with Crippen molar-refractivity contribution in [1.29, 1.82) is 0 Å². The fraction of sp³-hybridized carbons (Fsp3) is 0.333. The summed E-state index contributed by atoms with van der Waals surface area (Å²) >= 11 is 0. The summed E-state index contributed by atoms with van der Waals surface area (Å²) in [6.07, 6.45) is 1.66. The zero-order valence-corrected chi connectivity index (χ0v) is 12.7. The van der Waals surface area contributed by atoms with Gasteiger partial charge in [-0.1, -0.05) is 11.3 Å². The van der Waals surface area contributed by atoms with Crippen molar-refractivity contribution in [2.24, 2.45) is 7.05 Å². The van der Waals surface area contributed by atoms with E-state index in [4.69, 9.17) is 0 Å². The Labute approximate surface area is 134 Å². The molecule has 0 spiro atoms. The highest BCUT2D eigenvalue weighted by Crippen LogP contribution is 2.36. The molecule has 24 heavy (non-hydrogen) atoms. The van der Waals surface area contributed by atoms with Crippen LogP contribution in [-0.4, -0.2) is 29.8 Å². The number of aromatic nitrogens is 6. The maximum absolute atomic E-state index is 13.1. The monoisotopic (exact) mass is 334 g/mol. The smallest absolute Gasteiger partial charge is 0.275 e. The molecule has 1 aliphatic carbocycles. The summed E-state index contributed by atoms with van der Waals surface area (Å²) in [4.78, 5) is 4.37. The van der Waals surface area contributed by atoms with Crippen LogP contribution in [0.5, 0.6) is 0 Å². The lowest BCUT2D eigenvalue weighted by Crippen LogP contribution is -2.09. The van der Waals surface area contributed by atoms with Gasteiger partial charge in [0.15, 0.2) is 5.69 Å². The molecule has 0 aliphatic heterocycles. The van der Waals surface area contributed by atoms with E-state index in [1.165, 1.54) is 19.4 Å². The van der Waals surface area contributed by atoms with Crippen LogP contribution >= 0.6 is 0 Å². The molecule has 0 saturated heterocycles. The number of rotatable bonds is 2. The Morgan fingerprint density at radius 2 is 2.08 bits per heavy atom. The summed E-state index contributed by atoms with van der Waals surface area (Å²) in [5, 5.41) is 11.5. The number of hydrogen-bond donors (Lipinski definition) is 0. The number of fused-ring (bicyclic) bond motifs is 1. The van der Waals surface area contributed by atoms with Crippen LogP contribution in [0, 0.1) is 0 Å². The van der Waals surface area contributed by atoms with Crippen molar-refractivity contribution < 1.29 is 13.2 Å². The molecule has 1 atom stereocenters. The van der Waals surface area contributed by atoms with Gasteiger partial charge in [-0.3, -0.25) is 9.67 Å². The van der Waals surface area contributed by atoms with Gasteiger partial charge in [0.05, 0.1) is 23.5 Å². The second kappa shape index (κ2) is 5.15. The predicted molar refractivity (Wildman–Crippen MR) is 77.9 cm³/mol. The van der Waals surface area contributed by atoms with Crippen LogP contribution in [0.4, 0.5) is 13.2 Å². The summed E-state index contributed by atoms with van der Waals surface area (Å²) in [6, 6.07) is 3.77. The summed E-state index contributed by atoms with van der Waals surface area (Å²) in [5.74, 6) is 0. The Bertz CT molecular complexity index is 895. The van der Waals surface area contributed by atoms with E-state index >= 15 is 0 Å². The predicted octanol–water partition coefficient (Wildman–Crippen LogP) is 2.63. The molecule has 1 unspecified atom stereocenters. The van der Waals surface area contributed by atoms with Crippen LogP contribution in [-0.2, 0) is 19.6 Å². The van der Waals surface area contributed by atoms with Gasteiger partial charge in [-0.05, 0) is 24.5 Å². The molecule has 3 heterocycles. The topological polar surface area (TPSA) is 61.4 Å². The molecule has 0 radical (unpaired) electrons. The molecule has 0 bridgehead atoms. The molecule has 0 N–H and O–H groups in total. The van der Waals surface area contributed by atoms with E-state index in [-0.39, 0.29) is 17.3 Å². The molecule has 124 valence electrons. The van der Waals surface area contributed by atoms with E-state index in [1.807, 2.05) is 12.1 Å². The lowest BCUT2D eigenvalue weighted by Gasteiger charge is -2.09. The van der Waals surface area contributed by atoms with Crippen LogP contribution < -0.4 is 0 Å². The van der Waals surface area contributed by atoms with Crippen molar-refractivity contribution in [3.8, 4) is 11.3 Å². The van der Waals surface area contributed by atoms with E-state index in [1.54, 1.807) is 10.9 Å². The van der Waals surface area contributed by atoms with Crippen molar-refractivity contribution in [2.75, 3.05) is 0 Å². The number of pyridine rings is 1. The summed E-state index contributed by atoms with van der Waals surface area (Å²) in [6.45, 7) is 0. The Balaban J connectivity index is 1.73. The normalized spacial score (nSPS) is 17.2. The van der Waals surface area contributed by atoms with Gasteiger partial charge in [-0.15, -0.1) is 5.10 Å². The van der Waals surface area contributed by atoms with Gasteiger partial charge < -0.3 is 0 Å². The number of nitrogens with zero attached hydrogens (tertiary/aromatic N) is 6. The SMILES string of the molecule is Cn1cc(-c2cn(C3CCc4cccnc43)nn2)c(C(F)(F)F)n1. The lowest BCUT2D eigenvalue weighted by molar-refractivity contribution is -0.141. The minimum atomic E-state index is -4.54. The third-order valence-corrected chi connectivity index (χ3v) is 4.13. The summed E-state index contributed by atoms with van der Waals surface area (Å²) < 4.78 is 42.0. The zero-order chi connectivity index (χ0) is 16.9. The van der Waals surface area contributed by atoms with E-state index in [9.17, 15) is 13.2 Å². The highest BCUT2D eigenvalue weighted by molar-refractivity contribution is 5.60. The van der Waals surface area contributed by atoms with Crippen molar-refractivity contribution in [2.45, 2.75) is 25.1 Å². The number of aryl methyl sites for hydroxylation is 2. The number of alkyl halides is 3. The highest BCUT2D eigenvalue weighted by atomic mass is 19.4. The van der Waals surface area contributed by atoms with E-state index in [0.29, 0.717) is 0 Å². The third kappa shape index (κ3) is 2.36. The lowest BCUT2D eigenvalue weighted by atomic mass is 10.2. The van der Waals surface area contributed by atoms with E-state index in [0.717, 1.165) is 28.8 Å². The molecular weight excluding hydrogens is 321 g/mol. The largest absolute Gasteiger partial charge is 0.435 e. The Morgan fingerprint density at radius 1 is 1.25 bits per heavy atom. The summed E-state index contributed by atoms with van der Waals surface area (Å²) in [5.41, 5.74) is 1.16. The van der Waals surface area contributed by atoms with Gasteiger partial charge >= 0.3 is 6.18 Å². The van der Waals surface area contributed by atoms with Crippen LogP contribution in [0.2, 0.25) is 0 Å². The molecule has 9 heteroatoms. The van der Waals surface area contributed by atoms with Gasteiger partial charge in [-0.2, -0.15) is 18.3 Å². The minimum Gasteiger partial charge on any atom is -0.275 e. The molecule has 6 nitrogen and oxygen atoms in total. The van der Waals surface area contributed by atoms with Crippen molar-refractivity contribution in [3.05, 3.63) is 47.7 Å². The van der Waals surface area contributed by atoms with Gasteiger partial charge in [0.2, 0.25) is 0 Å². The zero-order valence-electron chi connectivity index (χ0n) is 12.7. The number of halogens is 3. The Morgan fingerprint density at radius 3 is 2.88 bits per heavy atom. The average molecular weight is 334 g/mol. The molecule has 3 aromatic heterocycles. The highest BCUT2D eigenvalue weighted by Gasteiger charge is 2.38. The average Bonchev–Trinajstić information content (AvgIpc) is 3.22. The minimum absolute atomic E-state index is 0.0736. The third-order valence-electron chi connectivity index (χ3n) is 4.13. The van der Waals surface area contributed by atoms with Crippen LogP contribution in [0.25, 0.3) is 11.3 Å². The first-order chi connectivity index (χ1) is 11.4. The standard InChI is InChI=1S/C15H13F3N6/c1-23-7-10(14(21-23)15(16,17)18)11-8-24(22-20-11)12-5-4-9-3-2-6-19-13(9)12/h2-3,6-8,12H,4-5H2,1H3. The van der Waals surface area contributed by atoms with Crippen molar-refractivity contribution in [3.63, 3.8) is 0 Å². The first-order valence-electron chi connectivity index (χ1n) is 7.40. The van der Waals surface area contributed by atoms with Crippen LogP contribution in [0.1, 0.15) is 29.4 Å². The maximum atomic E-state index is 13.1.